The normalized spacial score (nSPS) is 35.9. The standard InChI is InChI=1S/2C14H14O.CH4/c2*15-9-13-11-6-7-12(8-11)14(13)10-4-2-1-3-5-10;/h2*1-7,9,11-14H,8H2;1H4/t11?,12?,13?,14-;11?,12?,13-,14?;/m00./s1. The van der Waals surface area contributed by atoms with Crippen molar-refractivity contribution in [3.05, 3.63) is 96.1 Å². The van der Waals surface area contributed by atoms with Crippen LogP contribution in [0.3, 0.4) is 0 Å². The predicted octanol–water partition coefficient (Wildman–Crippen LogP) is 6.22. The fourth-order valence-corrected chi connectivity index (χ4v) is 6.38. The van der Waals surface area contributed by atoms with Crippen molar-refractivity contribution < 1.29 is 9.59 Å². The van der Waals surface area contributed by atoms with Crippen LogP contribution in [0, 0.1) is 35.5 Å². The van der Waals surface area contributed by atoms with Crippen molar-refractivity contribution >= 4 is 12.6 Å². The molecule has 0 N–H and O–H groups in total. The SMILES string of the molecule is C.O=CC1C2C=CC(C2)[C@@H]1c1ccccc1.O=C[C@H]1C2C=CC(C2)C1c1ccccc1. The van der Waals surface area contributed by atoms with E-state index in [1.54, 1.807) is 0 Å². The molecule has 160 valence electrons. The summed E-state index contributed by atoms with van der Waals surface area (Å²) in [6.45, 7) is 0. The molecule has 0 amide bonds. The summed E-state index contributed by atoms with van der Waals surface area (Å²) in [4.78, 5) is 22.3. The van der Waals surface area contributed by atoms with Crippen LogP contribution in [0.1, 0.15) is 43.2 Å². The van der Waals surface area contributed by atoms with Crippen molar-refractivity contribution in [1.29, 1.82) is 0 Å². The van der Waals surface area contributed by atoms with Gasteiger partial charge in [-0.15, -0.1) is 0 Å². The molecule has 2 saturated carbocycles. The number of aldehydes is 2. The van der Waals surface area contributed by atoms with Crippen molar-refractivity contribution in [3.8, 4) is 0 Å². The van der Waals surface area contributed by atoms with Crippen LogP contribution in [0.4, 0.5) is 0 Å². The number of fused-ring (bicyclic) bond motifs is 4. The van der Waals surface area contributed by atoms with Crippen LogP contribution >= 0.6 is 0 Å². The summed E-state index contributed by atoms with van der Waals surface area (Å²) < 4.78 is 0. The minimum absolute atomic E-state index is 0. The topological polar surface area (TPSA) is 34.1 Å². The first-order valence-corrected chi connectivity index (χ1v) is 11.2. The van der Waals surface area contributed by atoms with Crippen molar-refractivity contribution in [2.24, 2.45) is 35.5 Å². The lowest BCUT2D eigenvalue weighted by molar-refractivity contribution is -0.112. The fourth-order valence-electron chi connectivity index (χ4n) is 6.38. The van der Waals surface area contributed by atoms with Crippen molar-refractivity contribution in [2.75, 3.05) is 0 Å². The van der Waals surface area contributed by atoms with E-state index in [-0.39, 0.29) is 19.3 Å². The van der Waals surface area contributed by atoms with Gasteiger partial charge in [-0.25, -0.2) is 0 Å². The highest BCUT2D eigenvalue weighted by Crippen LogP contribution is 2.52. The van der Waals surface area contributed by atoms with Gasteiger partial charge in [0, 0.05) is 23.7 Å². The van der Waals surface area contributed by atoms with E-state index in [0.717, 1.165) is 12.6 Å². The molecule has 0 saturated heterocycles. The summed E-state index contributed by atoms with van der Waals surface area (Å²) in [5.41, 5.74) is 2.65. The summed E-state index contributed by atoms with van der Waals surface area (Å²) in [6.07, 6.45) is 13.7. The van der Waals surface area contributed by atoms with Crippen LogP contribution < -0.4 is 0 Å². The van der Waals surface area contributed by atoms with Gasteiger partial charge in [0.15, 0.2) is 0 Å². The molecule has 4 bridgehead atoms. The first-order valence-electron chi connectivity index (χ1n) is 11.2. The van der Waals surface area contributed by atoms with Gasteiger partial charge in [-0.1, -0.05) is 92.4 Å². The van der Waals surface area contributed by atoms with Gasteiger partial charge in [0.2, 0.25) is 0 Å². The van der Waals surface area contributed by atoms with E-state index >= 15 is 0 Å². The molecule has 4 aliphatic carbocycles. The minimum atomic E-state index is 0. The molecule has 0 aromatic heterocycles. The molecule has 2 nitrogen and oxygen atoms in total. The Morgan fingerprint density at radius 1 is 0.548 bits per heavy atom. The number of hydrogen-bond donors (Lipinski definition) is 0. The molecule has 0 heterocycles. The Bertz CT molecular complexity index is 866. The summed E-state index contributed by atoms with van der Waals surface area (Å²) in [6, 6.07) is 20.9. The highest BCUT2D eigenvalue weighted by Gasteiger charge is 2.45. The average Bonchev–Trinajstić information content (AvgIpc) is 3.60. The van der Waals surface area contributed by atoms with Gasteiger partial charge in [0.1, 0.15) is 12.6 Å². The Labute approximate surface area is 186 Å². The number of benzene rings is 2. The van der Waals surface area contributed by atoms with E-state index in [1.807, 2.05) is 12.1 Å². The van der Waals surface area contributed by atoms with Crippen LogP contribution in [0.5, 0.6) is 0 Å². The Morgan fingerprint density at radius 2 is 0.903 bits per heavy atom. The Hall–Kier alpha value is -2.74. The first kappa shape index (κ1) is 21.5. The number of carbonyl (C=O) groups excluding carboxylic acids is 2. The van der Waals surface area contributed by atoms with Crippen LogP contribution in [0.15, 0.2) is 85.0 Å². The second-order valence-electron chi connectivity index (χ2n) is 9.20. The zero-order valence-electron chi connectivity index (χ0n) is 17.1. The second kappa shape index (κ2) is 9.18. The highest BCUT2D eigenvalue weighted by atomic mass is 16.1. The lowest BCUT2D eigenvalue weighted by Gasteiger charge is -2.24. The van der Waals surface area contributed by atoms with Crippen LogP contribution in [-0.2, 0) is 9.59 Å². The van der Waals surface area contributed by atoms with E-state index in [4.69, 9.17) is 0 Å². The van der Waals surface area contributed by atoms with E-state index in [1.165, 1.54) is 24.0 Å². The lowest BCUT2D eigenvalue weighted by atomic mass is 9.79. The molecule has 2 heteroatoms. The molecule has 2 fully saturated rings. The largest absolute Gasteiger partial charge is 0.303 e. The molecule has 8 atom stereocenters. The van der Waals surface area contributed by atoms with Gasteiger partial charge >= 0.3 is 0 Å². The number of allylic oxidation sites excluding steroid dienone is 4. The average molecular weight is 413 g/mol. The molecular weight excluding hydrogens is 380 g/mol. The monoisotopic (exact) mass is 412 g/mol. The summed E-state index contributed by atoms with van der Waals surface area (Å²) in [5, 5.41) is 0. The maximum Gasteiger partial charge on any atom is 0.124 e. The number of rotatable bonds is 4. The number of carbonyl (C=O) groups is 2. The maximum atomic E-state index is 11.1. The Balaban J connectivity index is 0.000000144. The van der Waals surface area contributed by atoms with Gasteiger partial charge < -0.3 is 9.59 Å². The van der Waals surface area contributed by atoms with Gasteiger partial charge in [-0.2, -0.15) is 0 Å². The summed E-state index contributed by atoms with van der Waals surface area (Å²) in [5.74, 6) is 3.46. The van der Waals surface area contributed by atoms with E-state index in [9.17, 15) is 9.59 Å². The van der Waals surface area contributed by atoms with Gasteiger partial charge in [0.25, 0.3) is 0 Å². The zero-order valence-corrected chi connectivity index (χ0v) is 17.1. The third-order valence-corrected chi connectivity index (χ3v) is 7.72. The molecule has 2 aromatic carbocycles. The molecule has 2 aromatic rings. The smallest absolute Gasteiger partial charge is 0.124 e. The molecule has 6 unspecified atom stereocenters. The second-order valence-corrected chi connectivity index (χ2v) is 9.20. The lowest BCUT2D eigenvalue weighted by Crippen LogP contribution is -2.18. The van der Waals surface area contributed by atoms with Crippen LogP contribution in [0.25, 0.3) is 0 Å². The molecule has 0 aliphatic heterocycles. The molecular formula is C29H32O2. The van der Waals surface area contributed by atoms with Crippen molar-refractivity contribution in [1.82, 2.24) is 0 Å². The van der Waals surface area contributed by atoms with Crippen LogP contribution in [-0.4, -0.2) is 12.6 Å². The Morgan fingerprint density at radius 3 is 1.26 bits per heavy atom. The Kier molecular flexibility index (Phi) is 6.36. The number of hydrogen-bond acceptors (Lipinski definition) is 2. The summed E-state index contributed by atoms with van der Waals surface area (Å²) >= 11 is 0. The fraction of sp³-hybridized carbons (Fsp3) is 0.379. The zero-order chi connectivity index (χ0) is 20.5. The highest BCUT2D eigenvalue weighted by molar-refractivity contribution is 5.60. The molecule has 4 aliphatic rings. The van der Waals surface area contributed by atoms with E-state index < -0.39 is 0 Å². The van der Waals surface area contributed by atoms with Gasteiger partial charge in [-0.05, 0) is 47.6 Å². The third kappa shape index (κ3) is 3.84. The first-order chi connectivity index (χ1) is 14.8. The van der Waals surface area contributed by atoms with Crippen LogP contribution in [0.2, 0.25) is 0 Å². The molecule has 6 rings (SSSR count). The quantitative estimate of drug-likeness (QED) is 0.441. The van der Waals surface area contributed by atoms with E-state index in [0.29, 0.717) is 35.5 Å². The molecule has 0 spiro atoms. The van der Waals surface area contributed by atoms with Crippen molar-refractivity contribution in [2.45, 2.75) is 32.1 Å². The predicted molar refractivity (Wildman–Crippen MR) is 126 cm³/mol. The third-order valence-electron chi connectivity index (χ3n) is 7.72. The minimum Gasteiger partial charge on any atom is -0.303 e. The summed E-state index contributed by atoms with van der Waals surface area (Å²) in [7, 11) is 0. The van der Waals surface area contributed by atoms with Gasteiger partial charge in [0.05, 0.1) is 0 Å². The molecule has 0 radical (unpaired) electrons. The molecule has 31 heavy (non-hydrogen) atoms. The van der Waals surface area contributed by atoms with Gasteiger partial charge in [-0.3, -0.25) is 0 Å². The van der Waals surface area contributed by atoms with Crippen molar-refractivity contribution in [3.63, 3.8) is 0 Å². The van der Waals surface area contributed by atoms with E-state index in [2.05, 4.69) is 72.8 Å². The maximum absolute atomic E-state index is 11.1.